The molecule has 0 saturated heterocycles. The van der Waals surface area contributed by atoms with Gasteiger partial charge >= 0.3 is 0 Å². The number of amides is 2. The van der Waals surface area contributed by atoms with E-state index in [4.69, 9.17) is 15.2 Å². The van der Waals surface area contributed by atoms with Gasteiger partial charge in [0.2, 0.25) is 5.91 Å². The third kappa shape index (κ3) is 5.37. The first-order valence-corrected chi connectivity index (χ1v) is 8.54. The molecule has 144 valence electrons. The van der Waals surface area contributed by atoms with Crippen LogP contribution in [0.2, 0.25) is 0 Å². The summed E-state index contributed by atoms with van der Waals surface area (Å²) in [5.74, 6) is 0.0812. The van der Waals surface area contributed by atoms with Crippen LogP contribution >= 0.6 is 0 Å². The highest BCUT2D eigenvalue weighted by atomic mass is 16.5. The van der Waals surface area contributed by atoms with Crippen LogP contribution in [-0.4, -0.2) is 31.6 Å². The smallest absolute Gasteiger partial charge is 0.255 e. The van der Waals surface area contributed by atoms with Gasteiger partial charge in [0.1, 0.15) is 6.04 Å². The van der Waals surface area contributed by atoms with E-state index in [2.05, 4.69) is 10.6 Å². The number of benzene rings is 2. The number of methoxy groups -OCH3 is 1. The fraction of sp³-hybridized carbons (Fsp3) is 0.300. The lowest BCUT2D eigenvalue weighted by Crippen LogP contribution is -2.32. The van der Waals surface area contributed by atoms with Crippen molar-refractivity contribution < 1.29 is 19.1 Å². The SMILES string of the molecule is COc1ccc(N[C@@H](C)C(=O)Nc2c(C)cccc2C)cc1OCC(N)=O. The molecule has 0 aliphatic carbocycles. The standard InChI is InChI=1S/C20H25N3O4/c1-12-6-5-7-13(2)19(12)23-20(25)14(3)22-15-8-9-16(26-4)17(10-15)27-11-18(21)24/h5-10,14,22H,11H2,1-4H3,(H2,21,24)(H,23,25)/t14-/m0/s1. The predicted molar refractivity (Wildman–Crippen MR) is 105 cm³/mol. The normalized spacial score (nSPS) is 11.4. The fourth-order valence-electron chi connectivity index (χ4n) is 2.59. The van der Waals surface area contributed by atoms with Gasteiger partial charge in [-0.1, -0.05) is 18.2 Å². The van der Waals surface area contributed by atoms with Crippen LogP contribution in [0.1, 0.15) is 18.1 Å². The summed E-state index contributed by atoms with van der Waals surface area (Å²) in [6, 6.07) is 10.5. The van der Waals surface area contributed by atoms with E-state index < -0.39 is 11.9 Å². The van der Waals surface area contributed by atoms with E-state index in [1.54, 1.807) is 25.1 Å². The quantitative estimate of drug-likeness (QED) is 0.662. The summed E-state index contributed by atoms with van der Waals surface area (Å²) in [4.78, 5) is 23.5. The molecular formula is C20H25N3O4. The van der Waals surface area contributed by atoms with Crippen LogP contribution in [0.5, 0.6) is 11.5 Å². The van der Waals surface area contributed by atoms with Crippen molar-refractivity contribution in [3.8, 4) is 11.5 Å². The zero-order valence-corrected chi connectivity index (χ0v) is 16.0. The Morgan fingerprint density at radius 3 is 2.37 bits per heavy atom. The summed E-state index contributed by atoms with van der Waals surface area (Å²) >= 11 is 0. The van der Waals surface area contributed by atoms with Crippen LogP contribution in [0.3, 0.4) is 0 Å². The molecule has 0 unspecified atom stereocenters. The first-order valence-electron chi connectivity index (χ1n) is 8.54. The minimum Gasteiger partial charge on any atom is -0.493 e. The maximum absolute atomic E-state index is 12.6. The minimum atomic E-state index is -0.586. The first kappa shape index (κ1) is 20.1. The number of carbonyl (C=O) groups excluding carboxylic acids is 2. The van der Waals surface area contributed by atoms with Gasteiger partial charge in [-0.15, -0.1) is 0 Å². The number of hydrogen-bond acceptors (Lipinski definition) is 5. The van der Waals surface area contributed by atoms with E-state index in [0.717, 1.165) is 16.8 Å². The van der Waals surface area contributed by atoms with E-state index in [-0.39, 0.29) is 12.5 Å². The number of nitrogens with two attached hydrogens (primary N) is 1. The van der Waals surface area contributed by atoms with Crippen molar-refractivity contribution in [2.75, 3.05) is 24.4 Å². The van der Waals surface area contributed by atoms with Crippen LogP contribution in [0.4, 0.5) is 11.4 Å². The molecule has 1 atom stereocenters. The molecule has 0 saturated carbocycles. The van der Waals surface area contributed by atoms with Crippen molar-refractivity contribution >= 4 is 23.2 Å². The van der Waals surface area contributed by atoms with Crippen LogP contribution in [-0.2, 0) is 9.59 Å². The number of aryl methyl sites for hydroxylation is 2. The Bertz CT molecular complexity index is 816. The van der Waals surface area contributed by atoms with Crippen molar-refractivity contribution in [1.29, 1.82) is 0 Å². The van der Waals surface area contributed by atoms with Gasteiger partial charge in [0.15, 0.2) is 18.1 Å². The number of nitrogens with one attached hydrogen (secondary N) is 2. The van der Waals surface area contributed by atoms with Gasteiger partial charge in [0.25, 0.3) is 5.91 Å². The summed E-state index contributed by atoms with van der Waals surface area (Å²) in [5, 5.41) is 6.07. The second-order valence-electron chi connectivity index (χ2n) is 6.24. The highest BCUT2D eigenvalue weighted by Gasteiger charge is 2.16. The predicted octanol–water partition coefficient (Wildman–Crippen LogP) is 2.62. The molecule has 0 aliphatic heterocycles. The monoisotopic (exact) mass is 371 g/mol. The van der Waals surface area contributed by atoms with Crippen LogP contribution < -0.4 is 25.8 Å². The van der Waals surface area contributed by atoms with Crippen LogP contribution in [0, 0.1) is 13.8 Å². The van der Waals surface area contributed by atoms with Gasteiger partial charge in [-0.25, -0.2) is 0 Å². The maximum Gasteiger partial charge on any atom is 0.255 e. The zero-order chi connectivity index (χ0) is 20.0. The lowest BCUT2D eigenvalue weighted by atomic mass is 10.1. The molecule has 0 aromatic heterocycles. The molecule has 4 N–H and O–H groups in total. The zero-order valence-electron chi connectivity index (χ0n) is 16.0. The van der Waals surface area contributed by atoms with Gasteiger partial charge in [-0.3, -0.25) is 9.59 Å². The molecule has 2 amide bonds. The van der Waals surface area contributed by atoms with Crippen molar-refractivity contribution in [1.82, 2.24) is 0 Å². The third-order valence-corrected chi connectivity index (χ3v) is 4.04. The Morgan fingerprint density at radius 2 is 1.78 bits per heavy atom. The molecule has 2 aromatic carbocycles. The number of ether oxygens (including phenoxy) is 2. The Balaban J connectivity index is 2.10. The molecule has 7 heteroatoms. The fourth-order valence-corrected chi connectivity index (χ4v) is 2.59. The number of primary amides is 1. The molecule has 0 radical (unpaired) electrons. The summed E-state index contributed by atoms with van der Waals surface area (Å²) < 4.78 is 10.6. The molecule has 7 nitrogen and oxygen atoms in total. The molecule has 2 rings (SSSR count). The van der Waals surface area contributed by atoms with Crippen LogP contribution in [0.15, 0.2) is 36.4 Å². The van der Waals surface area contributed by atoms with Gasteiger partial charge in [0, 0.05) is 17.4 Å². The van der Waals surface area contributed by atoms with E-state index in [1.807, 2.05) is 32.0 Å². The van der Waals surface area contributed by atoms with E-state index in [9.17, 15) is 9.59 Å². The van der Waals surface area contributed by atoms with Gasteiger partial charge in [0.05, 0.1) is 7.11 Å². The van der Waals surface area contributed by atoms with Crippen molar-refractivity contribution in [3.63, 3.8) is 0 Å². The number of carbonyl (C=O) groups is 2. The van der Waals surface area contributed by atoms with Gasteiger partial charge in [-0.05, 0) is 44.0 Å². The second-order valence-corrected chi connectivity index (χ2v) is 6.24. The lowest BCUT2D eigenvalue weighted by Gasteiger charge is -2.18. The molecule has 0 heterocycles. The van der Waals surface area contributed by atoms with E-state index in [0.29, 0.717) is 17.2 Å². The maximum atomic E-state index is 12.6. The topological polar surface area (TPSA) is 103 Å². The lowest BCUT2D eigenvalue weighted by molar-refractivity contribution is -0.120. The molecule has 0 aliphatic rings. The average molecular weight is 371 g/mol. The van der Waals surface area contributed by atoms with E-state index in [1.165, 1.54) is 7.11 Å². The number of para-hydroxylation sites is 1. The Kier molecular flexibility index (Phi) is 6.65. The number of rotatable bonds is 8. The first-order chi connectivity index (χ1) is 12.8. The highest BCUT2D eigenvalue weighted by molar-refractivity contribution is 5.97. The Labute approximate surface area is 158 Å². The average Bonchev–Trinajstić information content (AvgIpc) is 2.63. The second kappa shape index (κ2) is 8.93. The molecule has 0 spiro atoms. The summed E-state index contributed by atoms with van der Waals surface area (Å²) in [6.45, 7) is 5.40. The van der Waals surface area contributed by atoms with Crippen LogP contribution in [0.25, 0.3) is 0 Å². The molecule has 0 bridgehead atoms. The summed E-state index contributed by atoms with van der Waals surface area (Å²) in [5.41, 5.74) is 8.59. The minimum absolute atomic E-state index is 0.164. The van der Waals surface area contributed by atoms with Crippen molar-refractivity contribution in [2.45, 2.75) is 26.8 Å². The summed E-state index contributed by atoms with van der Waals surface area (Å²) in [7, 11) is 1.50. The summed E-state index contributed by atoms with van der Waals surface area (Å²) in [6.07, 6.45) is 0. The molecule has 0 fully saturated rings. The third-order valence-electron chi connectivity index (χ3n) is 4.04. The largest absolute Gasteiger partial charge is 0.493 e. The van der Waals surface area contributed by atoms with Crippen molar-refractivity contribution in [2.24, 2.45) is 5.73 Å². The van der Waals surface area contributed by atoms with Gasteiger partial charge in [-0.2, -0.15) is 0 Å². The molecule has 2 aromatic rings. The number of hydrogen-bond donors (Lipinski definition) is 3. The van der Waals surface area contributed by atoms with E-state index >= 15 is 0 Å². The number of anilines is 2. The van der Waals surface area contributed by atoms with Crippen molar-refractivity contribution in [3.05, 3.63) is 47.5 Å². The highest BCUT2D eigenvalue weighted by Crippen LogP contribution is 2.30. The molecular weight excluding hydrogens is 346 g/mol. The Morgan fingerprint density at radius 1 is 1.11 bits per heavy atom. The Hall–Kier alpha value is -3.22. The van der Waals surface area contributed by atoms with Gasteiger partial charge < -0.3 is 25.8 Å². The molecule has 27 heavy (non-hydrogen) atoms.